The summed E-state index contributed by atoms with van der Waals surface area (Å²) in [5.74, 6) is 1.14. The minimum atomic E-state index is 0.894. The Bertz CT molecular complexity index is 468. The van der Waals surface area contributed by atoms with Crippen LogP contribution >= 0.6 is 11.8 Å². The highest BCUT2D eigenvalue weighted by Crippen LogP contribution is 2.25. The van der Waals surface area contributed by atoms with Gasteiger partial charge in [0, 0.05) is 10.6 Å². The summed E-state index contributed by atoms with van der Waals surface area (Å²) in [6.07, 6.45) is 3.64. The number of nitrogens with two attached hydrogens (primary N) is 1. The number of anilines is 1. The lowest BCUT2D eigenvalue weighted by Gasteiger charge is -2.05. The molecule has 2 aromatic rings. The average molecular weight is 257 g/mol. The number of rotatable bonds is 6. The van der Waals surface area contributed by atoms with E-state index in [-0.39, 0.29) is 0 Å². The fourth-order valence-electron chi connectivity index (χ4n) is 1.87. The molecule has 0 amide bonds. The first-order chi connectivity index (χ1) is 8.86. The third kappa shape index (κ3) is 4.11. The van der Waals surface area contributed by atoms with Crippen LogP contribution in [0.2, 0.25) is 0 Å². The van der Waals surface area contributed by atoms with Crippen molar-refractivity contribution in [3.05, 3.63) is 60.2 Å². The topological polar surface area (TPSA) is 26.0 Å². The zero-order valence-electron chi connectivity index (χ0n) is 10.5. The quantitative estimate of drug-likeness (QED) is 0.472. The van der Waals surface area contributed by atoms with Gasteiger partial charge in [0.1, 0.15) is 0 Å². The SMILES string of the molecule is Nc1ccccc1SCCCCc1ccccc1. The predicted octanol–water partition coefficient (Wildman–Crippen LogP) is 4.38. The number of benzene rings is 2. The van der Waals surface area contributed by atoms with Gasteiger partial charge in [0.15, 0.2) is 0 Å². The normalized spacial score (nSPS) is 10.4. The molecule has 0 saturated carbocycles. The number of nitrogen functional groups attached to an aromatic ring is 1. The van der Waals surface area contributed by atoms with Crippen LogP contribution in [0.25, 0.3) is 0 Å². The van der Waals surface area contributed by atoms with Crippen molar-refractivity contribution < 1.29 is 0 Å². The molecule has 94 valence electrons. The monoisotopic (exact) mass is 257 g/mol. The molecule has 0 aromatic heterocycles. The van der Waals surface area contributed by atoms with Crippen LogP contribution in [0.4, 0.5) is 5.69 Å². The molecular weight excluding hydrogens is 238 g/mol. The highest BCUT2D eigenvalue weighted by Gasteiger charge is 1.98. The molecule has 0 fully saturated rings. The Morgan fingerprint density at radius 3 is 2.33 bits per heavy atom. The molecule has 0 heterocycles. The molecule has 0 atom stereocenters. The Labute approximate surface area is 113 Å². The van der Waals surface area contributed by atoms with E-state index in [4.69, 9.17) is 5.73 Å². The maximum atomic E-state index is 5.91. The number of aryl methyl sites for hydroxylation is 1. The van der Waals surface area contributed by atoms with Gasteiger partial charge in [-0.15, -0.1) is 11.8 Å². The molecule has 2 aromatic carbocycles. The summed E-state index contributed by atoms with van der Waals surface area (Å²) in [4.78, 5) is 1.21. The van der Waals surface area contributed by atoms with Gasteiger partial charge in [0.05, 0.1) is 0 Å². The number of unbranched alkanes of at least 4 members (excludes halogenated alkanes) is 1. The van der Waals surface area contributed by atoms with Crippen molar-refractivity contribution >= 4 is 17.4 Å². The Balaban J connectivity index is 1.66. The molecule has 0 spiro atoms. The summed E-state index contributed by atoms with van der Waals surface area (Å²) in [6.45, 7) is 0. The number of hydrogen-bond donors (Lipinski definition) is 1. The van der Waals surface area contributed by atoms with E-state index in [1.54, 1.807) is 0 Å². The minimum Gasteiger partial charge on any atom is -0.398 e. The lowest BCUT2D eigenvalue weighted by molar-refractivity contribution is 0.802. The van der Waals surface area contributed by atoms with Crippen LogP contribution in [-0.2, 0) is 6.42 Å². The van der Waals surface area contributed by atoms with Crippen LogP contribution in [0.5, 0.6) is 0 Å². The summed E-state index contributed by atoms with van der Waals surface area (Å²) in [5, 5.41) is 0. The highest BCUT2D eigenvalue weighted by atomic mass is 32.2. The summed E-state index contributed by atoms with van der Waals surface area (Å²) in [5.41, 5.74) is 8.23. The van der Waals surface area contributed by atoms with E-state index >= 15 is 0 Å². The fourth-order valence-corrected chi connectivity index (χ4v) is 2.85. The third-order valence-corrected chi connectivity index (χ3v) is 4.05. The van der Waals surface area contributed by atoms with Crippen LogP contribution in [0.15, 0.2) is 59.5 Å². The first-order valence-electron chi connectivity index (χ1n) is 6.37. The van der Waals surface area contributed by atoms with Crippen molar-refractivity contribution in [1.82, 2.24) is 0 Å². The van der Waals surface area contributed by atoms with E-state index in [0.717, 1.165) is 11.4 Å². The molecular formula is C16H19NS. The zero-order valence-corrected chi connectivity index (χ0v) is 11.3. The van der Waals surface area contributed by atoms with E-state index in [2.05, 4.69) is 36.4 Å². The Morgan fingerprint density at radius 2 is 1.56 bits per heavy atom. The second-order valence-electron chi connectivity index (χ2n) is 4.33. The van der Waals surface area contributed by atoms with Crippen molar-refractivity contribution in [3.63, 3.8) is 0 Å². The van der Waals surface area contributed by atoms with E-state index < -0.39 is 0 Å². The molecule has 18 heavy (non-hydrogen) atoms. The number of thioether (sulfide) groups is 1. The van der Waals surface area contributed by atoms with E-state index in [9.17, 15) is 0 Å². The maximum absolute atomic E-state index is 5.91. The fraction of sp³-hybridized carbons (Fsp3) is 0.250. The Hall–Kier alpha value is -1.41. The second kappa shape index (κ2) is 7.12. The smallest absolute Gasteiger partial charge is 0.0452 e. The first-order valence-corrected chi connectivity index (χ1v) is 7.36. The lowest BCUT2D eigenvalue weighted by atomic mass is 10.1. The number of para-hydroxylation sites is 1. The van der Waals surface area contributed by atoms with Crippen molar-refractivity contribution in [1.29, 1.82) is 0 Å². The highest BCUT2D eigenvalue weighted by molar-refractivity contribution is 7.99. The predicted molar refractivity (Wildman–Crippen MR) is 81.0 cm³/mol. The molecule has 0 saturated heterocycles. The summed E-state index contributed by atoms with van der Waals surface area (Å²) in [7, 11) is 0. The van der Waals surface area contributed by atoms with Gasteiger partial charge in [-0.1, -0.05) is 42.5 Å². The molecule has 2 rings (SSSR count). The average Bonchev–Trinajstić information content (AvgIpc) is 2.42. The van der Waals surface area contributed by atoms with Gasteiger partial charge in [-0.3, -0.25) is 0 Å². The molecule has 0 aliphatic heterocycles. The van der Waals surface area contributed by atoms with Crippen LogP contribution in [0.3, 0.4) is 0 Å². The largest absolute Gasteiger partial charge is 0.398 e. The van der Waals surface area contributed by atoms with Gasteiger partial charge >= 0.3 is 0 Å². The molecule has 0 unspecified atom stereocenters. The van der Waals surface area contributed by atoms with Crippen molar-refractivity contribution in [2.24, 2.45) is 0 Å². The van der Waals surface area contributed by atoms with Gasteiger partial charge in [-0.05, 0) is 42.7 Å². The van der Waals surface area contributed by atoms with E-state index in [1.165, 1.54) is 29.7 Å². The molecule has 0 aliphatic rings. The van der Waals surface area contributed by atoms with Gasteiger partial charge in [-0.25, -0.2) is 0 Å². The zero-order chi connectivity index (χ0) is 12.6. The molecule has 1 nitrogen and oxygen atoms in total. The van der Waals surface area contributed by atoms with Gasteiger partial charge in [-0.2, -0.15) is 0 Å². The Kier molecular flexibility index (Phi) is 5.15. The maximum Gasteiger partial charge on any atom is 0.0452 e. The standard InChI is InChI=1S/C16H19NS/c17-15-11-4-5-12-16(15)18-13-7-6-10-14-8-2-1-3-9-14/h1-5,8-9,11-12H,6-7,10,13,17H2. The van der Waals surface area contributed by atoms with Gasteiger partial charge < -0.3 is 5.73 Å². The van der Waals surface area contributed by atoms with Crippen LogP contribution < -0.4 is 5.73 Å². The van der Waals surface area contributed by atoms with Gasteiger partial charge in [0.2, 0.25) is 0 Å². The molecule has 0 bridgehead atoms. The van der Waals surface area contributed by atoms with Crippen LogP contribution in [-0.4, -0.2) is 5.75 Å². The number of hydrogen-bond acceptors (Lipinski definition) is 2. The molecule has 0 aliphatic carbocycles. The van der Waals surface area contributed by atoms with E-state index in [1.807, 2.05) is 30.0 Å². The summed E-state index contributed by atoms with van der Waals surface area (Å²) in [6, 6.07) is 18.8. The van der Waals surface area contributed by atoms with Crippen LogP contribution in [0.1, 0.15) is 18.4 Å². The van der Waals surface area contributed by atoms with Crippen molar-refractivity contribution in [2.75, 3.05) is 11.5 Å². The van der Waals surface area contributed by atoms with Gasteiger partial charge in [0.25, 0.3) is 0 Å². The molecule has 0 radical (unpaired) electrons. The second-order valence-corrected chi connectivity index (χ2v) is 5.47. The molecule has 2 N–H and O–H groups in total. The van der Waals surface area contributed by atoms with E-state index in [0.29, 0.717) is 0 Å². The lowest BCUT2D eigenvalue weighted by Crippen LogP contribution is -1.90. The summed E-state index contributed by atoms with van der Waals surface area (Å²) < 4.78 is 0. The van der Waals surface area contributed by atoms with Crippen molar-refractivity contribution in [2.45, 2.75) is 24.2 Å². The first kappa shape index (κ1) is 13.0. The third-order valence-electron chi connectivity index (χ3n) is 2.88. The Morgan fingerprint density at radius 1 is 0.833 bits per heavy atom. The minimum absolute atomic E-state index is 0.894. The van der Waals surface area contributed by atoms with Crippen molar-refractivity contribution in [3.8, 4) is 0 Å². The molecule has 2 heteroatoms. The van der Waals surface area contributed by atoms with Crippen LogP contribution in [0, 0.1) is 0 Å². The summed E-state index contributed by atoms with van der Waals surface area (Å²) >= 11 is 1.86.